The van der Waals surface area contributed by atoms with Gasteiger partial charge in [0.1, 0.15) is 0 Å². The predicted molar refractivity (Wildman–Crippen MR) is 58.2 cm³/mol. The van der Waals surface area contributed by atoms with Gasteiger partial charge in [0, 0.05) is 0 Å². The first-order valence-corrected chi connectivity index (χ1v) is 5.76. The lowest BCUT2D eigenvalue weighted by molar-refractivity contribution is -0.116. The van der Waals surface area contributed by atoms with E-state index in [-0.39, 0.29) is 6.10 Å². The summed E-state index contributed by atoms with van der Waals surface area (Å²) in [5.41, 5.74) is -0.659. The molecule has 1 fully saturated rings. The molecule has 1 aliphatic carbocycles. The molecule has 0 bridgehead atoms. The number of nitriles is 1. The molecule has 1 saturated carbocycles. The van der Waals surface area contributed by atoms with Crippen molar-refractivity contribution < 1.29 is 9.84 Å². The highest BCUT2D eigenvalue weighted by Crippen LogP contribution is 2.35. The minimum Gasteiger partial charge on any atom is -0.391 e. The van der Waals surface area contributed by atoms with Crippen LogP contribution >= 0.6 is 0 Å². The Morgan fingerprint density at radius 3 is 2.67 bits per heavy atom. The second kappa shape index (κ2) is 4.96. The van der Waals surface area contributed by atoms with Crippen LogP contribution in [0, 0.1) is 17.2 Å². The summed E-state index contributed by atoms with van der Waals surface area (Å²) in [4.78, 5) is 0. The lowest BCUT2D eigenvalue weighted by Crippen LogP contribution is -2.41. The van der Waals surface area contributed by atoms with Crippen LogP contribution in [0.3, 0.4) is 0 Å². The van der Waals surface area contributed by atoms with Crippen molar-refractivity contribution in [2.45, 2.75) is 64.3 Å². The molecule has 0 saturated heterocycles. The van der Waals surface area contributed by atoms with Crippen LogP contribution in [0.5, 0.6) is 0 Å². The van der Waals surface area contributed by atoms with Gasteiger partial charge in [-0.2, -0.15) is 5.26 Å². The van der Waals surface area contributed by atoms with Crippen molar-refractivity contribution in [3.63, 3.8) is 0 Å². The van der Waals surface area contributed by atoms with Crippen molar-refractivity contribution in [1.82, 2.24) is 0 Å². The van der Waals surface area contributed by atoms with Crippen molar-refractivity contribution in [3.05, 3.63) is 0 Å². The molecule has 86 valence electrons. The van der Waals surface area contributed by atoms with Crippen LogP contribution in [-0.4, -0.2) is 22.9 Å². The zero-order valence-electron chi connectivity index (χ0n) is 9.86. The van der Waals surface area contributed by atoms with E-state index in [0.29, 0.717) is 5.92 Å². The molecule has 0 aliphatic heterocycles. The summed E-state index contributed by atoms with van der Waals surface area (Å²) < 4.78 is 5.75. The van der Waals surface area contributed by atoms with Crippen LogP contribution in [0.4, 0.5) is 0 Å². The zero-order chi connectivity index (χ0) is 11.5. The molecule has 4 atom stereocenters. The van der Waals surface area contributed by atoms with Crippen molar-refractivity contribution in [2.75, 3.05) is 0 Å². The van der Waals surface area contributed by atoms with E-state index in [0.717, 1.165) is 19.3 Å². The molecule has 0 amide bonds. The van der Waals surface area contributed by atoms with Crippen LogP contribution in [-0.2, 0) is 4.74 Å². The number of aliphatic hydroxyl groups is 1. The number of hydrogen-bond acceptors (Lipinski definition) is 3. The summed E-state index contributed by atoms with van der Waals surface area (Å²) in [5, 5.41) is 18.6. The van der Waals surface area contributed by atoms with Gasteiger partial charge in [0.2, 0.25) is 0 Å². The molecule has 1 aliphatic rings. The van der Waals surface area contributed by atoms with E-state index in [2.05, 4.69) is 13.0 Å². The molecule has 0 radical (unpaired) electrons. The SMILES string of the molecule is CC1CCCC(C#N)(OC(C)C(C)O)C1. The molecular formula is C12H21NO2. The molecular weight excluding hydrogens is 190 g/mol. The van der Waals surface area contributed by atoms with Gasteiger partial charge in [-0.15, -0.1) is 0 Å². The molecule has 0 spiro atoms. The van der Waals surface area contributed by atoms with Gasteiger partial charge in [-0.25, -0.2) is 0 Å². The predicted octanol–water partition coefficient (Wildman–Crippen LogP) is 2.24. The maximum absolute atomic E-state index is 9.39. The van der Waals surface area contributed by atoms with Crippen LogP contribution in [0.2, 0.25) is 0 Å². The summed E-state index contributed by atoms with van der Waals surface area (Å²) >= 11 is 0. The quantitative estimate of drug-likeness (QED) is 0.779. The second-order valence-electron chi connectivity index (χ2n) is 4.87. The number of rotatable bonds is 3. The zero-order valence-corrected chi connectivity index (χ0v) is 9.86. The molecule has 0 aromatic heterocycles. The van der Waals surface area contributed by atoms with E-state index in [1.807, 2.05) is 6.92 Å². The fraction of sp³-hybridized carbons (Fsp3) is 0.917. The third-order valence-corrected chi connectivity index (χ3v) is 3.25. The van der Waals surface area contributed by atoms with E-state index in [1.54, 1.807) is 6.92 Å². The van der Waals surface area contributed by atoms with Gasteiger partial charge in [0.15, 0.2) is 5.60 Å². The van der Waals surface area contributed by atoms with Gasteiger partial charge >= 0.3 is 0 Å². The Hall–Kier alpha value is -0.590. The summed E-state index contributed by atoms with van der Waals surface area (Å²) in [7, 11) is 0. The smallest absolute Gasteiger partial charge is 0.154 e. The molecule has 1 N–H and O–H groups in total. The Morgan fingerprint density at radius 1 is 1.53 bits per heavy atom. The summed E-state index contributed by atoms with van der Waals surface area (Å²) in [6, 6.07) is 2.30. The van der Waals surface area contributed by atoms with Crippen molar-refractivity contribution >= 4 is 0 Å². The molecule has 3 nitrogen and oxygen atoms in total. The molecule has 3 heteroatoms. The minimum absolute atomic E-state index is 0.269. The fourth-order valence-electron chi connectivity index (χ4n) is 2.19. The number of ether oxygens (including phenoxy) is 1. The lowest BCUT2D eigenvalue weighted by atomic mass is 9.79. The van der Waals surface area contributed by atoms with Gasteiger partial charge in [-0.3, -0.25) is 0 Å². The Labute approximate surface area is 92.0 Å². The first-order chi connectivity index (χ1) is 6.99. The highest BCUT2D eigenvalue weighted by Gasteiger charge is 2.38. The molecule has 4 unspecified atom stereocenters. The minimum atomic E-state index is -0.659. The maximum Gasteiger partial charge on any atom is 0.154 e. The number of nitrogens with zero attached hydrogens (tertiary/aromatic N) is 1. The van der Waals surface area contributed by atoms with E-state index in [1.165, 1.54) is 6.42 Å². The van der Waals surface area contributed by atoms with Crippen molar-refractivity contribution in [3.8, 4) is 6.07 Å². The van der Waals surface area contributed by atoms with Crippen molar-refractivity contribution in [1.29, 1.82) is 5.26 Å². The van der Waals surface area contributed by atoms with Crippen LogP contribution in [0.15, 0.2) is 0 Å². The molecule has 1 rings (SSSR count). The molecule has 0 aromatic carbocycles. The van der Waals surface area contributed by atoms with Crippen LogP contribution in [0.1, 0.15) is 46.5 Å². The summed E-state index contributed by atoms with van der Waals surface area (Å²) in [6.45, 7) is 5.67. The highest BCUT2D eigenvalue weighted by atomic mass is 16.5. The van der Waals surface area contributed by atoms with Crippen LogP contribution < -0.4 is 0 Å². The highest BCUT2D eigenvalue weighted by molar-refractivity contribution is 5.05. The molecule has 15 heavy (non-hydrogen) atoms. The Balaban J connectivity index is 2.64. The van der Waals surface area contributed by atoms with Gasteiger partial charge in [0.05, 0.1) is 18.3 Å². The van der Waals surface area contributed by atoms with E-state index < -0.39 is 11.7 Å². The first kappa shape index (κ1) is 12.5. The van der Waals surface area contributed by atoms with Gasteiger partial charge < -0.3 is 9.84 Å². The average Bonchev–Trinajstić information content (AvgIpc) is 2.17. The standard InChI is InChI=1S/C12H21NO2/c1-9-5-4-6-12(7-9,8-13)15-11(3)10(2)14/h9-11,14H,4-7H2,1-3H3. The Bertz CT molecular complexity index is 246. The summed E-state index contributed by atoms with van der Waals surface area (Å²) in [5.74, 6) is 0.541. The van der Waals surface area contributed by atoms with E-state index in [4.69, 9.17) is 4.74 Å². The fourth-order valence-corrected chi connectivity index (χ4v) is 2.19. The lowest BCUT2D eigenvalue weighted by Gasteiger charge is -2.36. The van der Waals surface area contributed by atoms with E-state index in [9.17, 15) is 10.4 Å². The molecule has 0 heterocycles. The largest absolute Gasteiger partial charge is 0.391 e. The average molecular weight is 211 g/mol. The third-order valence-electron chi connectivity index (χ3n) is 3.25. The number of hydrogen-bond donors (Lipinski definition) is 1. The monoisotopic (exact) mass is 211 g/mol. The van der Waals surface area contributed by atoms with Crippen LogP contribution in [0.25, 0.3) is 0 Å². The topological polar surface area (TPSA) is 53.2 Å². The Morgan fingerprint density at radius 2 is 2.20 bits per heavy atom. The first-order valence-electron chi connectivity index (χ1n) is 5.76. The second-order valence-corrected chi connectivity index (χ2v) is 4.87. The number of aliphatic hydroxyl groups excluding tert-OH is 1. The Kier molecular flexibility index (Phi) is 4.12. The van der Waals surface area contributed by atoms with E-state index >= 15 is 0 Å². The van der Waals surface area contributed by atoms with Gasteiger partial charge in [-0.05, 0) is 39.0 Å². The van der Waals surface area contributed by atoms with Gasteiger partial charge in [0.25, 0.3) is 0 Å². The van der Waals surface area contributed by atoms with Crippen molar-refractivity contribution in [2.24, 2.45) is 5.92 Å². The maximum atomic E-state index is 9.39. The third kappa shape index (κ3) is 3.19. The van der Waals surface area contributed by atoms with Gasteiger partial charge in [-0.1, -0.05) is 13.3 Å². The molecule has 0 aromatic rings. The normalized spacial score (nSPS) is 35.5. The summed E-state index contributed by atoms with van der Waals surface area (Å²) in [6.07, 6.45) is 3.02.